The lowest BCUT2D eigenvalue weighted by Crippen LogP contribution is -2.29. The number of rotatable bonds is 2. The molecule has 0 unspecified atom stereocenters. The van der Waals surface area contributed by atoms with Crippen molar-refractivity contribution in [2.45, 2.75) is 0 Å². The van der Waals surface area contributed by atoms with Gasteiger partial charge >= 0.3 is 0 Å². The van der Waals surface area contributed by atoms with Gasteiger partial charge in [-0.2, -0.15) is 0 Å². The average molecular weight is 286 g/mol. The number of hydrogen-bond acceptors (Lipinski definition) is 5. The zero-order valence-corrected chi connectivity index (χ0v) is 11.6. The number of Topliss-reactive ketones (excluding diaryl/α,β-unsaturated/α-hetero) is 1. The van der Waals surface area contributed by atoms with Crippen LogP contribution in [0.1, 0.15) is 15.9 Å². The zero-order chi connectivity index (χ0) is 15.1. The Hall–Kier alpha value is -2.69. The number of methoxy groups -OCH3 is 2. The Balaban J connectivity index is 2.28. The fourth-order valence-corrected chi connectivity index (χ4v) is 2.74. The predicted octanol–water partition coefficient (Wildman–Crippen LogP) is 2.73. The van der Waals surface area contributed by atoms with Crippen LogP contribution in [0, 0.1) is 5.92 Å². The number of hydrogen-bond donors (Lipinski definition) is 2. The van der Waals surface area contributed by atoms with Gasteiger partial charge in [0.1, 0.15) is 5.92 Å². The molecule has 3 rings (SSSR count). The maximum absolute atomic E-state index is 12.6. The van der Waals surface area contributed by atoms with E-state index < -0.39 is 5.92 Å². The summed E-state index contributed by atoms with van der Waals surface area (Å²) in [7, 11) is 2.70. The number of allylic oxidation sites excluding steroid dienone is 2. The lowest BCUT2D eigenvalue weighted by Gasteiger charge is -2.29. The minimum Gasteiger partial charge on any atom is -0.507 e. The fourth-order valence-electron chi connectivity index (χ4n) is 2.74. The number of fused-ring (bicyclic) bond motifs is 2. The van der Waals surface area contributed by atoms with E-state index in [2.05, 4.69) is 0 Å². The van der Waals surface area contributed by atoms with E-state index in [9.17, 15) is 15.0 Å². The smallest absolute Gasteiger partial charge is 0.206 e. The van der Waals surface area contributed by atoms with Crippen LogP contribution in [0.5, 0.6) is 0 Å². The highest BCUT2D eigenvalue weighted by atomic mass is 16.5. The summed E-state index contributed by atoms with van der Waals surface area (Å²) in [5, 5.41) is 20.7. The van der Waals surface area contributed by atoms with Gasteiger partial charge < -0.3 is 19.7 Å². The van der Waals surface area contributed by atoms with Crippen LogP contribution in [0.25, 0.3) is 6.08 Å². The Kier molecular flexibility index (Phi) is 2.97. The molecular weight excluding hydrogens is 272 g/mol. The lowest BCUT2D eigenvalue weighted by molar-refractivity contribution is 0.0902. The summed E-state index contributed by atoms with van der Waals surface area (Å²) in [6.45, 7) is 0. The summed E-state index contributed by atoms with van der Waals surface area (Å²) < 4.78 is 10.2. The molecule has 2 N–H and O–H groups in total. The van der Waals surface area contributed by atoms with Gasteiger partial charge in [0, 0.05) is 11.1 Å². The molecule has 0 spiro atoms. The Morgan fingerprint density at radius 1 is 1.05 bits per heavy atom. The minimum atomic E-state index is -0.964. The third-order valence-electron chi connectivity index (χ3n) is 3.72. The van der Waals surface area contributed by atoms with E-state index >= 15 is 0 Å². The Bertz CT molecular complexity index is 724. The number of carbonyl (C=O) groups is 1. The standard InChI is InChI=1S/C16H14O5/c1-20-15-13(18)10-7-8-5-3-4-6-9(8)12(17)11(10)14(19)16(15)21-2/h3-7,11,18-19H,1-2H3/t11-/m1/s1. The van der Waals surface area contributed by atoms with Crippen molar-refractivity contribution in [3.05, 3.63) is 64.0 Å². The van der Waals surface area contributed by atoms with Gasteiger partial charge in [0.25, 0.3) is 0 Å². The molecule has 5 heteroatoms. The summed E-state index contributed by atoms with van der Waals surface area (Å²) in [5.41, 5.74) is 1.51. The van der Waals surface area contributed by atoms with Crippen LogP contribution in [0.4, 0.5) is 0 Å². The number of aliphatic hydroxyl groups is 2. The Labute approximate surface area is 121 Å². The van der Waals surface area contributed by atoms with Crippen LogP contribution < -0.4 is 0 Å². The van der Waals surface area contributed by atoms with E-state index in [-0.39, 0.29) is 28.8 Å². The number of aliphatic hydroxyl groups excluding tert-OH is 2. The van der Waals surface area contributed by atoms with E-state index in [4.69, 9.17) is 9.47 Å². The van der Waals surface area contributed by atoms with Crippen LogP contribution in [-0.2, 0) is 9.47 Å². The summed E-state index contributed by atoms with van der Waals surface area (Å²) in [6, 6.07) is 7.04. The lowest BCUT2D eigenvalue weighted by atomic mass is 9.77. The predicted molar refractivity (Wildman–Crippen MR) is 75.6 cm³/mol. The van der Waals surface area contributed by atoms with E-state index in [1.165, 1.54) is 14.2 Å². The molecule has 108 valence electrons. The van der Waals surface area contributed by atoms with Crippen molar-refractivity contribution in [3.63, 3.8) is 0 Å². The van der Waals surface area contributed by atoms with Gasteiger partial charge in [-0.05, 0) is 11.6 Å². The third kappa shape index (κ3) is 1.74. The fraction of sp³-hybridized carbons (Fsp3) is 0.188. The molecular formula is C16H14O5. The van der Waals surface area contributed by atoms with E-state index in [1.54, 1.807) is 30.3 Å². The van der Waals surface area contributed by atoms with Gasteiger partial charge in [-0.25, -0.2) is 0 Å². The minimum absolute atomic E-state index is 0.0182. The molecule has 2 aliphatic carbocycles. The van der Waals surface area contributed by atoms with Gasteiger partial charge in [-0.15, -0.1) is 0 Å². The molecule has 0 bridgehead atoms. The molecule has 21 heavy (non-hydrogen) atoms. The molecule has 0 saturated heterocycles. The van der Waals surface area contributed by atoms with Crippen molar-refractivity contribution in [2.24, 2.45) is 5.92 Å². The number of carbonyl (C=O) groups excluding carboxylic acids is 1. The van der Waals surface area contributed by atoms with Gasteiger partial charge in [0.05, 0.1) is 14.2 Å². The summed E-state index contributed by atoms with van der Waals surface area (Å²) in [6.07, 6.45) is 1.68. The Morgan fingerprint density at radius 2 is 1.71 bits per heavy atom. The van der Waals surface area contributed by atoms with Crippen LogP contribution in [0.15, 0.2) is 52.9 Å². The van der Waals surface area contributed by atoms with Crippen LogP contribution in [0.2, 0.25) is 0 Å². The van der Waals surface area contributed by atoms with Crippen LogP contribution in [0.3, 0.4) is 0 Å². The summed E-state index contributed by atoms with van der Waals surface area (Å²) >= 11 is 0. The highest BCUT2D eigenvalue weighted by Crippen LogP contribution is 2.42. The number of ketones is 1. The van der Waals surface area contributed by atoms with Crippen molar-refractivity contribution in [3.8, 4) is 0 Å². The second kappa shape index (κ2) is 4.70. The van der Waals surface area contributed by atoms with Crippen molar-refractivity contribution in [1.29, 1.82) is 0 Å². The molecule has 5 nitrogen and oxygen atoms in total. The quantitative estimate of drug-likeness (QED) is 0.874. The molecule has 0 amide bonds. The van der Waals surface area contributed by atoms with Gasteiger partial charge in [-0.1, -0.05) is 24.3 Å². The topological polar surface area (TPSA) is 76.0 Å². The van der Waals surface area contributed by atoms with E-state index in [1.807, 2.05) is 0 Å². The first kappa shape index (κ1) is 13.3. The zero-order valence-electron chi connectivity index (χ0n) is 11.6. The van der Waals surface area contributed by atoms with Gasteiger partial charge in [0.2, 0.25) is 11.5 Å². The SMILES string of the molecule is COC1=C(O)C2=Cc3ccccc3C(=O)[C@@H]2C(O)=C1OC. The largest absolute Gasteiger partial charge is 0.507 e. The molecule has 1 aromatic rings. The first-order valence-electron chi connectivity index (χ1n) is 6.40. The first-order valence-corrected chi connectivity index (χ1v) is 6.40. The van der Waals surface area contributed by atoms with Gasteiger partial charge in [0.15, 0.2) is 17.3 Å². The number of benzene rings is 1. The molecule has 0 aliphatic heterocycles. The average Bonchev–Trinajstić information content (AvgIpc) is 2.50. The molecule has 0 radical (unpaired) electrons. The molecule has 0 aromatic heterocycles. The van der Waals surface area contributed by atoms with Crippen molar-refractivity contribution in [1.82, 2.24) is 0 Å². The van der Waals surface area contributed by atoms with Crippen molar-refractivity contribution >= 4 is 11.9 Å². The number of ether oxygens (including phenoxy) is 2. The summed E-state index contributed by atoms with van der Waals surface area (Å²) in [4.78, 5) is 12.6. The first-order chi connectivity index (χ1) is 10.1. The summed E-state index contributed by atoms with van der Waals surface area (Å²) in [5.74, 6) is -1.70. The van der Waals surface area contributed by atoms with E-state index in [0.29, 0.717) is 16.7 Å². The highest BCUT2D eigenvalue weighted by Gasteiger charge is 2.42. The molecule has 0 heterocycles. The third-order valence-corrected chi connectivity index (χ3v) is 3.72. The molecule has 2 aliphatic rings. The second-order valence-electron chi connectivity index (χ2n) is 4.78. The van der Waals surface area contributed by atoms with Gasteiger partial charge in [-0.3, -0.25) is 4.79 Å². The Morgan fingerprint density at radius 3 is 2.38 bits per heavy atom. The molecule has 1 aromatic carbocycles. The van der Waals surface area contributed by atoms with Crippen LogP contribution in [-0.4, -0.2) is 30.2 Å². The van der Waals surface area contributed by atoms with E-state index in [0.717, 1.165) is 0 Å². The maximum atomic E-state index is 12.6. The monoisotopic (exact) mass is 286 g/mol. The molecule has 0 saturated carbocycles. The second-order valence-corrected chi connectivity index (χ2v) is 4.78. The maximum Gasteiger partial charge on any atom is 0.206 e. The van der Waals surface area contributed by atoms with Crippen molar-refractivity contribution < 1.29 is 24.5 Å². The highest BCUT2D eigenvalue weighted by molar-refractivity contribution is 6.08. The van der Waals surface area contributed by atoms with Crippen molar-refractivity contribution in [2.75, 3.05) is 14.2 Å². The van der Waals surface area contributed by atoms with Crippen LogP contribution >= 0.6 is 0 Å². The molecule has 1 atom stereocenters. The molecule has 0 fully saturated rings. The normalized spacial score (nSPS) is 20.8.